The van der Waals surface area contributed by atoms with Crippen molar-refractivity contribution in [1.82, 2.24) is 0 Å². The van der Waals surface area contributed by atoms with Gasteiger partial charge in [-0.05, 0) is 169 Å². The topological polar surface area (TPSA) is 159 Å². The smallest absolute Gasteiger partial charge is 0.161 e. The van der Waals surface area contributed by atoms with Crippen LogP contribution in [0.3, 0.4) is 0 Å². The van der Waals surface area contributed by atoms with E-state index in [4.69, 9.17) is 4.74 Å². The number of rotatable bonds is 16. The summed E-state index contributed by atoms with van der Waals surface area (Å²) in [5.74, 6) is 0.0937. The number of carbonyl (C=O) groups is 8. The van der Waals surface area contributed by atoms with E-state index in [1.807, 2.05) is 105 Å². The first-order valence-electron chi connectivity index (χ1n) is 25.4. The van der Waals surface area contributed by atoms with Crippen molar-refractivity contribution in [3.63, 3.8) is 0 Å². The first-order chi connectivity index (χ1) is 37.1. The van der Waals surface area contributed by atoms with E-state index in [1.165, 1.54) is 66.8 Å². The minimum atomic E-state index is -0.228. The van der Waals surface area contributed by atoms with Gasteiger partial charge in [0.1, 0.15) is 11.5 Å². The summed E-state index contributed by atoms with van der Waals surface area (Å²) in [4.78, 5) is 103. The fourth-order valence-corrected chi connectivity index (χ4v) is 8.23. The molecule has 0 amide bonds. The number of anilines is 4. The van der Waals surface area contributed by atoms with Crippen molar-refractivity contribution in [2.24, 2.45) is 0 Å². The molecule has 0 bridgehead atoms. The van der Waals surface area contributed by atoms with E-state index in [-0.39, 0.29) is 53.7 Å². The zero-order valence-electron chi connectivity index (χ0n) is 48.3. The highest BCUT2D eigenvalue weighted by Crippen LogP contribution is 2.31. The Morgan fingerprint density at radius 1 is 0.287 bits per heavy atom. The van der Waals surface area contributed by atoms with Crippen LogP contribution in [0, 0.1) is 0 Å². The van der Waals surface area contributed by atoms with Gasteiger partial charge in [0.25, 0.3) is 0 Å². The molecule has 418 valence electrons. The van der Waals surface area contributed by atoms with Crippen molar-refractivity contribution >= 4 is 69.0 Å². The van der Waals surface area contributed by atoms with Crippen LogP contribution in [0.5, 0.6) is 11.5 Å². The second-order valence-electron chi connectivity index (χ2n) is 19.6. The summed E-state index contributed by atoms with van der Waals surface area (Å²) in [6, 6.07) is 44.5. The maximum atomic E-state index is 12.1. The Labute approximate surface area is 472 Å². The van der Waals surface area contributed by atoms with Crippen LogP contribution in [0.2, 0.25) is 0 Å². The van der Waals surface area contributed by atoms with Crippen LogP contribution in [-0.4, -0.2) is 103 Å². The molecule has 0 unspecified atom stereocenters. The molecule has 0 N–H and O–H groups in total. The third-order valence-corrected chi connectivity index (χ3v) is 12.6. The Kier molecular flexibility index (Phi) is 24.1. The van der Waals surface area contributed by atoms with Gasteiger partial charge in [0, 0.05) is 124 Å². The number of ketones is 8. The van der Waals surface area contributed by atoms with Crippen LogP contribution in [0.4, 0.5) is 22.7 Å². The number of ether oxygens (including phenoxy) is 1. The van der Waals surface area contributed by atoms with Crippen molar-refractivity contribution in [3.8, 4) is 33.8 Å². The van der Waals surface area contributed by atoms with Crippen molar-refractivity contribution in [3.05, 3.63) is 190 Å². The van der Waals surface area contributed by atoms with Gasteiger partial charge in [-0.15, -0.1) is 0 Å². The number of carbonyl (C=O) groups excluding carboxylic acids is 8. The molecule has 13 nitrogen and oxygen atoms in total. The van der Waals surface area contributed by atoms with Gasteiger partial charge in [0.15, 0.2) is 46.3 Å². The molecule has 7 aromatic rings. The van der Waals surface area contributed by atoms with E-state index in [0.29, 0.717) is 66.8 Å². The lowest BCUT2D eigenvalue weighted by molar-refractivity contribution is 0.0980. The van der Waals surface area contributed by atoms with Gasteiger partial charge in [-0.2, -0.15) is 0 Å². The highest BCUT2D eigenvalue weighted by molar-refractivity contribution is 6.13. The van der Waals surface area contributed by atoms with Crippen molar-refractivity contribution < 1.29 is 43.1 Å². The standard InChI is InChI=1S/2C20H18O4.C16H20N2O.C10H16N2.CH4/c1-11(21)17-7-5-15(9-19(17)13(3)23)16-6-8-18(12(2)22)20(10-16)14(4)24;1-11(21)16-9-8-15(10-19(16)13(3)23)18-7-5-6-17(12(2)22)20(18)14(4)24;1-17(2)13-5-9-15(10-6-13)19-16-11-7-14(8-12-16)18(3)4;1-11(2)9-5-7-10(8-6-9)12(3)4;/h2*5-10H,1-4H3;5-12H,1-4H3;5-8H,1-4H3;1H4. The fraction of sp³-hybridized carbons (Fsp3) is 0.254. The monoisotopic (exact) mass is 1080 g/mol. The molecule has 7 rings (SSSR count). The maximum Gasteiger partial charge on any atom is 0.161 e. The number of hydrogen-bond acceptors (Lipinski definition) is 13. The van der Waals surface area contributed by atoms with E-state index in [0.717, 1.165) is 22.9 Å². The average molecular weight is 1080 g/mol. The van der Waals surface area contributed by atoms with Crippen LogP contribution in [0.15, 0.2) is 146 Å². The summed E-state index contributed by atoms with van der Waals surface area (Å²) in [5, 5.41) is 0. The van der Waals surface area contributed by atoms with Crippen molar-refractivity contribution in [1.29, 1.82) is 0 Å². The number of Topliss-reactive ketones (excluding diaryl/α,β-unsaturated/α-hetero) is 8. The Morgan fingerprint density at radius 3 is 0.812 bits per heavy atom. The van der Waals surface area contributed by atoms with E-state index < -0.39 is 0 Å². The van der Waals surface area contributed by atoms with Gasteiger partial charge in [0.05, 0.1) is 0 Å². The third kappa shape index (κ3) is 17.7. The predicted octanol–water partition coefficient (Wildman–Crippen LogP) is 14.4. The molecular formula is C67H76N4O9. The van der Waals surface area contributed by atoms with E-state index in [1.54, 1.807) is 72.8 Å². The minimum Gasteiger partial charge on any atom is -0.457 e. The van der Waals surface area contributed by atoms with Crippen LogP contribution >= 0.6 is 0 Å². The molecule has 80 heavy (non-hydrogen) atoms. The molecule has 0 saturated carbocycles. The zero-order valence-corrected chi connectivity index (χ0v) is 48.3. The molecule has 0 aliphatic heterocycles. The molecule has 0 fully saturated rings. The minimum absolute atomic E-state index is 0. The van der Waals surface area contributed by atoms with Gasteiger partial charge in [-0.25, -0.2) is 0 Å². The average Bonchev–Trinajstić information content (AvgIpc) is 3.40. The molecule has 0 aliphatic rings. The third-order valence-electron chi connectivity index (χ3n) is 12.6. The lowest BCUT2D eigenvalue weighted by Crippen LogP contribution is -2.10. The van der Waals surface area contributed by atoms with E-state index in [9.17, 15) is 38.4 Å². The summed E-state index contributed by atoms with van der Waals surface area (Å²) in [6.07, 6.45) is 0. The molecular weight excluding hydrogens is 1000 g/mol. The number of nitrogens with zero attached hydrogens (tertiary/aromatic N) is 4. The molecule has 0 aromatic heterocycles. The summed E-state index contributed by atoms with van der Waals surface area (Å²) in [5.41, 5.74) is 10.2. The first-order valence-corrected chi connectivity index (χ1v) is 25.4. The molecule has 13 heteroatoms. The summed E-state index contributed by atoms with van der Waals surface area (Å²) >= 11 is 0. The molecule has 0 aliphatic carbocycles. The molecule has 0 atom stereocenters. The summed E-state index contributed by atoms with van der Waals surface area (Å²) in [7, 11) is 16.3. The summed E-state index contributed by atoms with van der Waals surface area (Å²) in [6.45, 7) is 11.2. The molecule has 0 radical (unpaired) electrons. The van der Waals surface area contributed by atoms with Gasteiger partial charge in [-0.3, -0.25) is 38.4 Å². The molecule has 0 heterocycles. The zero-order chi connectivity index (χ0) is 59.0. The van der Waals surface area contributed by atoms with E-state index >= 15 is 0 Å². The van der Waals surface area contributed by atoms with Crippen LogP contribution in [0.25, 0.3) is 22.3 Å². The lowest BCUT2D eigenvalue weighted by Gasteiger charge is -2.16. The van der Waals surface area contributed by atoms with Gasteiger partial charge in [0.2, 0.25) is 0 Å². The van der Waals surface area contributed by atoms with Gasteiger partial charge in [-0.1, -0.05) is 62.0 Å². The Bertz CT molecular complexity index is 3210. The van der Waals surface area contributed by atoms with Gasteiger partial charge < -0.3 is 24.3 Å². The Morgan fingerprint density at radius 2 is 0.550 bits per heavy atom. The highest BCUT2D eigenvalue weighted by Gasteiger charge is 2.20. The Balaban J connectivity index is 0.000000286. The first kappa shape index (κ1) is 65.2. The normalized spacial score (nSPS) is 10.1. The summed E-state index contributed by atoms with van der Waals surface area (Å²) < 4.78 is 5.81. The van der Waals surface area contributed by atoms with E-state index in [2.05, 4.69) is 43.9 Å². The quantitative estimate of drug-likeness (QED) is 0.0842. The van der Waals surface area contributed by atoms with Crippen LogP contribution < -0.4 is 24.3 Å². The van der Waals surface area contributed by atoms with Crippen LogP contribution in [0.1, 0.15) is 146 Å². The SMILES string of the molecule is C.CC(=O)c1ccc(-c2ccc(C(C)=O)c(C(C)=O)c2)cc1C(C)=O.CC(=O)c1ccc(-c2cccc(C(C)=O)c2C(C)=O)cc1C(C)=O.CN(C)c1ccc(N(C)C)cc1.CN(C)c1ccc(Oc2ccc(N(C)C)cc2)cc1. The molecule has 7 aromatic carbocycles. The van der Waals surface area contributed by atoms with Crippen molar-refractivity contribution in [2.45, 2.75) is 62.8 Å². The fourth-order valence-electron chi connectivity index (χ4n) is 8.23. The Hall–Kier alpha value is -9.10. The highest BCUT2D eigenvalue weighted by atomic mass is 16.5. The second kappa shape index (κ2) is 29.6. The largest absolute Gasteiger partial charge is 0.457 e. The second-order valence-corrected chi connectivity index (χ2v) is 19.6. The number of benzene rings is 7. The predicted molar refractivity (Wildman–Crippen MR) is 327 cm³/mol. The number of hydrogen-bond donors (Lipinski definition) is 0. The molecule has 0 saturated heterocycles. The lowest BCUT2D eigenvalue weighted by atomic mass is 9.89. The van der Waals surface area contributed by atoms with Crippen molar-refractivity contribution in [2.75, 3.05) is 76.0 Å². The maximum absolute atomic E-state index is 12.1. The molecule has 0 spiro atoms. The van der Waals surface area contributed by atoms with Gasteiger partial charge >= 0.3 is 0 Å². The van der Waals surface area contributed by atoms with Crippen LogP contribution in [-0.2, 0) is 0 Å².